The van der Waals surface area contributed by atoms with E-state index in [1.807, 2.05) is 66.0 Å². The maximum Gasteiger partial charge on any atom is 0.274 e. The fourth-order valence-electron chi connectivity index (χ4n) is 5.15. The lowest BCUT2D eigenvalue weighted by atomic mass is 9.83. The molecule has 5 rings (SSSR count). The number of hydrogen-bond acceptors (Lipinski definition) is 5. The molecule has 3 aromatic rings. The summed E-state index contributed by atoms with van der Waals surface area (Å²) in [5.41, 5.74) is 3.94. The van der Waals surface area contributed by atoms with Crippen molar-refractivity contribution in [3.63, 3.8) is 0 Å². The first-order valence-electron chi connectivity index (χ1n) is 12.2. The Bertz CT molecular complexity index is 1240. The number of nitrogens with one attached hydrogen (secondary N) is 1. The van der Waals surface area contributed by atoms with Crippen LogP contribution in [0.2, 0.25) is 0 Å². The van der Waals surface area contributed by atoms with Crippen LogP contribution < -0.4 is 20.5 Å². The Balaban J connectivity index is 1.24. The topological polar surface area (TPSA) is 66.8 Å². The molecule has 35 heavy (non-hydrogen) atoms. The monoisotopic (exact) mass is 472 g/mol. The van der Waals surface area contributed by atoms with Gasteiger partial charge in [-0.3, -0.25) is 9.59 Å². The first kappa shape index (κ1) is 23.0. The molecule has 2 aliphatic rings. The zero-order valence-corrected chi connectivity index (χ0v) is 20.3. The van der Waals surface area contributed by atoms with E-state index in [1.165, 1.54) is 0 Å². The lowest BCUT2D eigenvalue weighted by molar-refractivity contribution is -0.136. The second-order valence-electron chi connectivity index (χ2n) is 9.70. The number of carbonyl (C=O) groups is 1. The number of ether oxygens (including phenoxy) is 1. The zero-order chi connectivity index (χ0) is 24.4. The number of nitrogens with zero attached hydrogens (tertiary/aromatic N) is 3. The van der Waals surface area contributed by atoms with E-state index in [0.717, 1.165) is 23.4 Å². The van der Waals surface area contributed by atoms with Gasteiger partial charge in [-0.15, -0.1) is 0 Å². The average Bonchev–Trinajstić information content (AvgIpc) is 2.88. The third-order valence-electron chi connectivity index (χ3n) is 7.00. The molecule has 2 aliphatic heterocycles. The predicted octanol–water partition coefficient (Wildman–Crippen LogP) is 3.55. The van der Waals surface area contributed by atoms with E-state index in [0.29, 0.717) is 37.6 Å². The van der Waals surface area contributed by atoms with Crippen molar-refractivity contribution in [2.45, 2.75) is 25.4 Å². The molecule has 1 fully saturated rings. The average molecular weight is 473 g/mol. The summed E-state index contributed by atoms with van der Waals surface area (Å²) in [7, 11) is 4.04. The molecule has 0 spiro atoms. The molecule has 3 heterocycles. The van der Waals surface area contributed by atoms with Gasteiger partial charge in [0.15, 0.2) is 6.61 Å². The largest absolute Gasteiger partial charge is 0.484 e. The van der Waals surface area contributed by atoms with Crippen LogP contribution in [0.5, 0.6) is 5.75 Å². The Hall–Kier alpha value is -3.74. The van der Waals surface area contributed by atoms with Gasteiger partial charge in [0.1, 0.15) is 11.4 Å². The minimum Gasteiger partial charge on any atom is -0.484 e. The van der Waals surface area contributed by atoms with Gasteiger partial charge in [-0.25, -0.2) is 0 Å². The van der Waals surface area contributed by atoms with Crippen LogP contribution in [0, 0.1) is 5.92 Å². The van der Waals surface area contributed by atoms with E-state index >= 15 is 0 Å². The number of para-hydroxylation sites is 1. The standard InChI is InChI=1S/C28H32N4O3/c1-30(2)23-10-8-20(9-11-23)15-29-25-12-13-26-22-14-21(17-32(26)28(25)34)16-31(18-22)27(33)19-35-24-6-4-3-5-7-24/h3-13,21-22,29H,14-19H2,1-2H3/t21-,22+/m0/s1. The van der Waals surface area contributed by atoms with Gasteiger partial charge in [-0.05, 0) is 54.3 Å². The minimum atomic E-state index is -0.00192. The SMILES string of the molecule is CN(C)c1ccc(CNc2ccc3n(c2=O)C[C@H]2C[C@@H]3CN(C(=O)COc3ccccc3)C2)cc1. The highest BCUT2D eigenvalue weighted by atomic mass is 16.5. The highest BCUT2D eigenvalue weighted by Gasteiger charge is 2.36. The molecule has 2 atom stereocenters. The van der Waals surface area contributed by atoms with E-state index in [1.54, 1.807) is 0 Å². The molecule has 0 unspecified atom stereocenters. The number of piperidine rings is 1. The summed E-state index contributed by atoms with van der Waals surface area (Å²) in [6.07, 6.45) is 1.01. The van der Waals surface area contributed by atoms with E-state index in [-0.39, 0.29) is 29.9 Å². The molecule has 1 saturated heterocycles. The number of benzene rings is 2. The lowest BCUT2D eigenvalue weighted by Crippen LogP contribution is -2.50. The van der Waals surface area contributed by atoms with E-state index in [2.05, 4.69) is 34.5 Å². The summed E-state index contributed by atoms with van der Waals surface area (Å²) < 4.78 is 7.59. The van der Waals surface area contributed by atoms with E-state index in [9.17, 15) is 9.59 Å². The highest BCUT2D eigenvalue weighted by molar-refractivity contribution is 5.78. The minimum absolute atomic E-state index is 0.00192. The van der Waals surface area contributed by atoms with Crippen LogP contribution in [0.3, 0.4) is 0 Å². The molecule has 1 amide bonds. The number of likely N-dealkylation sites (tertiary alicyclic amines) is 1. The van der Waals surface area contributed by atoms with E-state index in [4.69, 9.17) is 4.74 Å². The Morgan fingerprint density at radius 2 is 1.77 bits per heavy atom. The molecule has 1 aromatic heterocycles. The van der Waals surface area contributed by atoms with Crippen molar-refractivity contribution in [3.05, 3.63) is 88.3 Å². The number of pyridine rings is 1. The zero-order valence-electron chi connectivity index (χ0n) is 20.3. The second kappa shape index (κ2) is 9.86. The van der Waals surface area contributed by atoms with Crippen LogP contribution >= 0.6 is 0 Å². The number of aromatic nitrogens is 1. The van der Waals surface area contributed by atoms with Crippen LogP contribution in [0.15, 0.2) is 71.5 Å². The third-order valence-corrected chi connectivity index (χ3v) is 7.00. The fourth-order valence-corrected chi connectivity index (χ4v) is 5.15. The van der Waals surface area contributed by atoms with Crippen LogP contribution in [0.1, 0.15) is 23.6 Å². The molecule has 7 heteroatoms. The van der Waals surface area contributed by atoms with Crippen molar-refractivity contribution >= 4 is 17.3 Å². The Morgan fingerprint density at radius 3 is 2.51 bits per heavy atom. The van der Waals surface area contributed by atoms with Crippen molar-refractivity contribution in [1.82, 2.24) is 9.47 Å². The predicted molar refractivity (Wildman–Crippen MR) is 138 cm³/mol. The molecular formula is C28H32N4O3. The van der Waals surface area contributed by atoms with Gasteiger partial charge in [-0.2, -0.15) is 0 Å². The number of fused-ring (bicyclic) bond motifs is 4. The summed E-state index contributed by atoms with van der Waals surface area (Å²) in [5.74, 6) is 1.14. The quantitative estimate of drug-likeness (QED) is 0.570. The van der Waals surface area contributed by atoms with Gasteiger partial charge in [0.25, 0.3) is 11.5 Å². The van der Waals surface area contributed by atoms with Crippen molar-refractivity contribution < 1.29 is 9.53 Å². The van der Waals surface area contributed by atoms with Gasteiger partial charge >= 0.3 is 0 Å². The molecule has 0 aliphatic carbocycles. The van der Waals surface area contributed by atoms with Crippen LogP contribution in [-0.2, 0) is 17.9 Å². The summed E-state index contributed by atoms with van der Waals surface area (Å²) in [4.78, 5) is 30.1. The van der Waals surface area contributed by atoms with Gasteiger partial charge in [0.05, 0.1) is 0 Å². The second-order valence-corrected chi connectivity index (χ2v) is 9.70. The number of amides is 1. The smallest absolute Gasteiger partial charge is 0.274 e. The Morgan fingerprint density at radius 1 is 1.00 bits per heavy atom. The van der Waals surface area contributed by atoms with Gasteiger partial charge in [0, 0.05) is 57.6 Å². The molecule has 0 saturated carbocycles. The van der Waals surface area contributed by atoms with Gasteiger partial charge in [0.2, 0.25) is 0 Å². The van der Waals surface area contributed by atoms with Gasteiger partial charge < -0.3 is 24.4 Å². The third kappa shape index (κ3) is 5.04. The molecule has 2 aromatic carbocycles. The van der Waals surface area contributed by atoms with Crippen molar-refractivity contribution in [2.75, 3.05) is 44.0 Å². The maximum atomic E-state index is 13.3. The number of rotatable bonds is 7. The van der Waals surface area contributed by atoms with Gasteiger partial charge in [-0.1, -0.05) is 30.3 Å². The number of carbonyl (C=O) groups excluding carboxylic acids is 1. The molecule has 0 radical (unpaired) electrons. The van der Waals surface area contributed by atoms with Crippen LogP contribution in [-0.4, -0.2) is 49.2 Å². The molecule has 1 N–H and O–H groups in total. The first-order valence-corrected chi connectivity index (χ1v) is 12.2. The summed E-state index contributed by atoms with van der Waals surface area (Å²) in [6.45, 7) is 2.56. The summed E-state index contributed by atoms with van der Waals surface area (Å²) >= 11 is 0. The molecule has 182 valence electrons. The molecular weight excluding hydrogens is 440 g/mol. The van der Waals surface area contributed by atoms with E-state index < -0.39 is 0 Å². The maximum absolute atomic E-state index is 13.3. The Labute approximate surface area is 205 Å². The Kier molecular flexibility index (Phi) is 6.49. The van der Waals surface area contributed by atoms with Crippen molar-refractivity contribution in [3.8, 4) is 5.75 Å². The lowest BCUT2D eigenvalue weighted by Gasteiger charge is -2.42. The summed E-state index contributed by atoms with van der Waals surface area (Å²) in [6, 6.07) is 21.7. The normalized spacial score (nSPS) is 18.5. The molecule has 7 nitrogen and oxygen atoms in total. The highest BCUT2D eigenvalue weighted by Crippen LogP contribution is 2.35. The van der Waals surface area contributed by atoms with Crippen LogP contribution in [0.25, 0.3) is 0 Å². The number of anilines is 2. The summed E-state index contributed by atoms with van der Waals surface area (Å²) in [5, 5.41) is 3.33. The van der Waals surface area contributed by atoms with Crippen molar-refractivity contribution in [1.29, 1.82) is 0 Å². The first-order chi connectivity index (χ1) is 17.0. The fraction of sp³-hybridized carbons (Fsp3) is 0.357. The number of hydrogen-bond donors (Lipinski definition) is 1. The molecule has 2 bridgehead atoms. The van der Waals surface area contributed by atoms with Crippen LogP contribution in [0.4, 0.5) is 11.4 Å². The van der Waals surface area contributed by atoms with Crippen molar-refractivity contribution in [2.24, 2.45) is 5.92 Å².